The van der Waals surface area contributed by atoms with Gasteiger partial charge in [-0.3, -0.25) is 9.08 Å². The van der Waals surface area contributed by atoms with E-state index in [9.17, 15) is 0 Å². The zero-order chi connectivity index (χ0) is 24.4. The van der Waals surface area contributed by atoms with Crippen molar-refractivity contribution in [2.75, 3.05) is 13.2 Å². The summed E-state index contributed by atoms with van der Waals surface area (Å²) >= 11 is 0. The van der Waals surface area contributed by atoms with Crippen LogP contribution in [0.4, 0.5) is 8.78 Å². The minimum Gasteiger partial charge on any atom is -0.490 e. The molecule has 5 rings (SSSR count). The average Bonchev–Trinajstić information content (AvgIpc) is 3.51. The molecule has 0 aliphatic heterocycles. The first-order chi connectivity index (χ1) is 17.0. The number of aliphatic hydroxyl groups excluding tert-OH is 1. The van der Waals surface area contributed by atoms with Crippen LogP contribution in [-0.2, 0) is 13.0 Å². The first kappa shape index (κ1) is 22.5. The maximum Gasteiger partial charge on any atom is 0.332 e. The highest BCUT2D eigenvalue weighted by molar-refractivity contribution is 5.61. The number of aryl methyl sites for hydroxylation is 1. The Bertz CT molecular complexity index is 1470. The Balaban J connectivity index is 1.47. The van der Waals surface area contributed by atoms with Gasteiger partial charge < -0.3 is 9.84 Å². The van der Waals surface area contributed by atoms with Gasteiger partial charge in [-0.1, -0.05) is 18.2 Å². The van der Waals surface area contributed by atoms with Gasteiger partial charge in [0, 0.05) is 60.9 Å². The molecular weight excluding hydrogens is 458 g/mol. The minimum absolute atomic E-state index is 0.0160. The first-order valence-corrected chi connectivity index (χ1v) is 10.7. The zero-order valence-corrected chi connectivity index (χ0v) is 18.6. The van der Waals surface area contributed by atoms with Crippen molar-refractivity contribution in [1.29, 1.82) is 0 Å². The molecule has 12 heteroatoms. The quantitative estimate of drug-likeness (QED) is 0.339. The van der Waals surface area contributed by atoms with Crippen molar-refractivity contribution >= 4 is 5.78 Å². The molecule has 178 valence electrons. The molecule has 1 aromatic carbocycles. The molecule has 4 heterocycles. The molecule has 0 aliphatic carbocycles. The average molecular weight is 478 g/mol. The van der Waals surface area contributed by atoms with Crippen LogP contribution in [0.2, 0.25) is 0 Å². The number of aliphatic hydroxyl groups is 1. The smallest absolute Gasteiger partial charge is 0.332 e. The van der Waals surface area contributed by atoms with Crippen LogP contribution in [0.25, 0.3) is 28.3 Å². The summed E-state index contributed by atoms with van der Waals surface area (Å²) in [5.41, 5.74) is 1.45. The second-order valence-corrected chi connectivity index (χ2v) is 7.76. The monoisotopic (exact) mass is 478 g/mol. The molecule has 0 bridgehead atoms. The van der Waals surface area contributed by atoms with Crippen LogP contribution in [0.1, 0.15) is 17.8 Å². The Morgan fingerprint density at radius 2 is 1.77 bits per heavy atom. The van der Waals surface area contributed by atoms with Crippen molar-refractivity contribution < 1.29 is 18.6 Å². The summed E-state index contributed by atoms with van der Waals surface area (Å²) in [5.74, 6) is -3.28. The van der Waals surface area contributed by atoms with Gasteiger partial charge in [-0.25, -0.2) is 15.0 Å². The van der Waals surface area contributed by atoms with E-state index >= 15 is 8.78 Å². The van der Waals surface area contributed by atoms with Crippen LogP contribution < -0.4 is 4.74 Å². The van der Waals surface area contributed by atoms with E-state index in [2.05, 4.69) is 30.2 Å². The summed E-state index contributed by atoms with van der Waals surface area (Å²) in [4.78, 5) is 12.6. The Kier molecular flexibility index (Phi) is 5.87. The molecule has 35 heavy (non-hydrogen) atoms. The molecular formula is C23H20F2N8O2. The number of alkyl halides is 2. The fraction of sp³-hybridized carbons (Fsp3) is 0.217. The fourth-order valence-corrected chi connectivity index (χ4v) is 3.50. The molecule has 4 aromatic heterocycles. The molecule has 10 nitrogen and oxygen atoms in total. The third kappa shape index (κ3) is 4.43. The van der Waals surface area contributed by atoms with Crippen LogP contribution in [0.5, 0.6) is 5.75 Å². The zero-order valence-electron chi connectivity index (χ0n) is 18.6. The van der Waals surface area contributed by atoms with Crippen molar-refractivity contribution in [3.05, 3.63) is 72.8 Å². The fourth-order valence-electron chi connectivity index (χ4n) is 3.50. The third-order valence-corrected chi connectivity index (χ3v) is 5.27. The second kappa shape index (κ2) is 9.14. The molecule has 0 aliphatic rings. The van der Waals surface area contributed by atoms with Crippen LogP contribution in [0.15, 0.2) is 61.4 Å². The molecule has 5 aromatic rings. The van der Waals surface area contributed by atoms with E-state index in [1.165, 1.54) is 47.4 Å². The molecule has 0 amide bonds. The summed E-state index contributed by atoms with van der Waals surface area (Å²) in [6.45, 7) is 0.340. The van der Waals surface area contributed by atoms with Crippen molar-refractivity contribution in [2.45, 2.75) is 12.3 Å². The minimum atomic E-state index is -3.47. The van der Waals surface area contributed by atoms with E-state index in [4.69, 9.17) is 9.84 Å². The Morgan fingerprint density at radius 3 is 2.51 bits per heavy atom. The van der Waals surface area contributed by atoms with E-state index in [-0.39, 0.29) is 23.8 Å². The van der Waals surface area contributed by atoms with Gasteiger partial charge in [0.1, 0.15) is 0 Å². The second-order valence-electron chi connectivity index (χ2n) is 7.76. The predicted octanol–water partition coefficient (Wildman–Crippen LogP) is 2.88. The van der Waals surface area contributed by atoms with Crippen LogP contribution in [0, 0.1) is 0 Å². The van der Waals surface area contributed by atoms with Gasteiger partial charge in [0.2, 0.25) is 5.82 Å². The summed E-state index contributed by atoms with van der Waals surface area (Å²) in [6.07, 6.45) is 9.85. The molecule has 0 unspecified atom stereocenters. The van der Waals surface area contributed by atoms with E-state index in [0.717, 1.165) is 5.56 Å². The van der Waals surface area contributed by atoms with E-state index in [1.807, 2.05) is 0 Å². The van der Waals surface area contributed by atoms with Gasteiger partial charge >= 0.3 is 5.92 Å². The lowest BCUT2D eigenvalue weighted by atomic mass is 10.0. The van der Waals surface area contributed by atoms with Crippen molar-refractivity contribution in [2.24, 2.45) is 7.05 Å². The lowest BCUT2D eigenvalue weighted by Gasteiger charge is -2.16. The van der Waals surface area contributed by atoms with Crippen LogP contribution >= 0.6 is 0 Å². The summed E-state index contributed by atoms with van der Waals surface area (Å²) in [5, 5.41) is 20.5. The summed E-state index contributed by atoms with van der Waals surface area (Å²) in [7, 11) is 1.77. The van der Waals surface area contributed by atoms with Crippen LogP contribution in [0.3, 0.4) is 0 Å². The molecule has 0 fully saturated rings. The van der Waals surface area contributed by atoms with Gasteiger partial charge in [0.25, 0.3) is 5.78 Å². The third-order valence-electron chi connectivity index (χ3n) is 5.27. The van der Waals surface area contributed by atoms with Gasteiger partial charge in [-0.2, -0.15) is 13.9 Å². The Hall–Kier alpha value is -4.32. The van der Waals surface area contributed by atoms with Crippen molar-refractivity contribution in [1.82, 2.24) is 39.3 Å². The van der Waals surface area contributed by atoms with E-state index in [0.29, 0.717) is 29.9 Å². The van der Waals surface area contributed by atoms with Crippen molar-refractivity contribution in [3.63, 3.8) is 0 Å². The number of hydrogen-bond donors (Lipinski definition) is 1. The molecule has 0 saturated carbocycles. The highest BCUT2D eigenvalue weighted by Crippen LogP contribution is 2.36. The maximum atomic E-state index is 15.7. The lowest BCUT2D eigenvalue weighted by Crippen LogP contribution is -2.19. The van der Waals surface area contributed by atoms with Crippen molar-refractivity contribution in [3.8, 4) is 28.3 Å². The van der Waals surface area contributed by atoms with Gasteiger partial charge in [-0.05, 0) is 6.07 Å². The standard InChI is InChI=1S/C23H20F2N8O2/c1-32-13-17(10-29-32)16-9-28-22-31-30-21(33(22)14-16)23(24,25)18-5-2-4-15(8-18)20-26-11-19(12-27-20)35-7-3-6-34/h2,4-5,8-14,34H,3,6-7H2,1H3. The summed E-state index contributed by atoms with van der Waals surface area (Å²) < 4.78 is 39.6. The maximum absolute atomic E-state index is 15.7. The Labute approximate surface area is 197 Å². The van der Waals surface area contributed by atoms with E-state index in [1.54, 1.807) is 30.2 Å². The molecule has 0 saturated heterocycles. The highest BCUT2D eigenvalue weighted by Gasteiger charge is 2.40. The topological polar surface area (TPSA) is 116 Å². The lowest BCUT2D eigenvalue weighted by molar-refractivity contribution is 0.0317. The van der Waals surface area contributed by atoms with Gasteiger partial charge in [0.05, 0.1) is 25.2 Å². The molecule has 0 radical (unpaired) electrons. The van der Waals surface area contributed by atoms with E-state index < -0.39 is 11.7 Å². The number of nitrogens with zero attached hydrogens (tertiary/aromatic N) is 8. The highest BCUT2D eigenvalue weighted by atomic mass is 19.3. The normalized spacial score (nSPS) is 11.8. The predicted molar refractivity (Wildman–Crippen MR) is 121 cm³/mol. The van der Waals surface area contributed by atoms with Gasteiger partial charge in [0.15, 0.2) is 11.6 Å². The number of hydrogen-bond acceptors (Lipinski definition) is 8. The summed E-state index contributed by atoms with van der Waals surface area (Å²) in [6, 6.07) is 5.79. The molecule has 1 N–H and O–H groups in total. The van der Waals surface area contributed by atoms with Gasteiger partial charge in [-0.15, -0.1) is 10.2 Å². The SMILES string of the molecule is Cn1cc(-c2cnc3nnc(C(F)(F)c4cccc(-c5ncc(OCCCO)cn5)c4)n3c2)cn1. The number of benzene rings is 1. The number of rotatable bonds is 8. The number of fused-ring (bicyclic) bond motifs is 1. The van der Waals surface area contributed by atoms with Crippen LogP contribution in [-0.4, -0.2) is 57.7 Å². The molecule has 0 atom stereocenters. The number of halogens is 2. The number of aromatic nitrogens is 8. The largest absolute Gasteiger partial charge is 0.490 e. The molecule has 0 spiro atoms. The Morgan fingerprint density at radius 1 is 0.971 bits per heavy atom. The number of ether oxygens (including phenoxy) is 1. The first-order valence-electron chi connectivity index (χ1n) is 10.7.